The number of ether oxygens (including phenoxy) is 2. The van der Waals surface area contributed by atoms with Crippen LogP contribution >= 0.6 is 39.1 Å². The zero-order chi connectivity index (χ0) is 21.7. The Balaban J connectivity index is 1.44. The van der Waals surface area contributed by atoms with Gasteiger partial charge in [0.2, 0.25) is 0 Å². The Hall–Kier alpha value is -1.43. The molecule has 0 radical (unpaired) electrons. The van der Waals surface area contributed by atoms with Crippen LogP contribution in [0.25, 0.3) is 0 Å². The summed E-state index contributed by atoms with van der Waals surface area (Å²) >= 11 is 15.5. The van der Waals surface area contributed by atoms with Gasteiger partial charge in [0.25, 0.3) is 0 Å². The SMILES string of the molecule is CC(C)(C)C12CC1CN(C(=O)Oc1ccc(Br)cc1COc1ccc(Cl)c(Cl)c1)C2. The molecule has 2 unspecified atom stereocenters. The minimum absolute atomic E-state index is 0.184. The van der Waals surface area contributed by atoms with Crippen LogP contribution in [0.5, 0.6) is 11.5 Å². The van der Waals surface area contributed by atoms with Crippen molar-refractivity contribution in [2.75, 3.05) is 13.1 Å². The van der Waals surface area contributed by atoms with Crippen molar-refractivity contribution >= 4 is 45.2 Å². The Morgan fingerprint density at radius 3 is 2.63 bits per heavy atom. The molecule has 0 bridgehead atoms. The van der Waals surface area contributed by atoms with Gasteiger partial charge in [-0.05, 0) is 53.5 Å². The fourth-order valence-electron chi connectivity index (χ4n) is 4.43. The number of piperidine rings is 1. The molecule has 1 aliphatic carbocycles. The molecule has 0 N–H and O–H groups in total. The Bertz CT molecular complexity index is 991. The molecule has 7 heteroatoms. The van der Waals surface area contributed by atoms with Crippen LogP contribution in [0.1, 0.15) is 32.8 Å². The molecule has 2 fully saturated rings. The molecular formula is C23H24BrCl2NO3. The van der Waals surface area contributed by atoms with Gasteiger partial charge in [0.05, 0.1) is 10.0 Å². The average Bonchev–Trinajstić information content (AvgIpc) is 3.26. The normalized spacial score (nSPS) is 22.6. The average molecular weight is 513 g/mol. The maximum atomic E-state index is 12.9. The lowest BCUT2D eigenvalue weighted by Gasteiger charge is -2.31. The van der Waals surface area contributed by atoms with E-state index in [-0.39, 0.29) is 23.5 Å². The van der Waals surface area contributed by atoms with Crippen LogP contribution in [-0.2, 0) is 6.61 Å². The highest BCUT2D eigenvalue weighted by Gasteiger charge is 2.66. The van der Waals surface area contributed by atoms with E-state index in [1.54, 1.807) is 24.3 Å². The van der Waals surface area contributed by atoms with Crippen LogP contribution in [0.3, 0.4) is 0 Å². The van der Waals surface area contributed by atoms with E-state index < -0.39 is 0 Å². The van der Waals surface area contributed by atoms with Crippen LogP contribution in [0.2, 0.25) is 10.0 Å². The van der Waals surface area contributed by atoms with Gasteiger partial charge >= 0.3 is 6.09 Å². The highest BCUT2D eigenvalue weighted by Crippen LogP contribution is 2.66. The van der Waals surface area contributed by atoms with E-state index in [0.717, 1.165) is 23.1 Å². The first-order valence-electron chi connectivity index (χ1n) is 9.92. The summed E-state index contributed by atoms with van der Waals surface area (Å²) < 4.78 is 12.5. The summed E-state index contributed by atoms with van der Waals surface area (Å²) in [5.74, 6) is 1.66. The van der Waals surface area contributed by atoms with E-state index in [2.05, 4.69) is 36.7 Å². The molecule has 2 atom stereocenters. The molecule has 1 saturated carbocycles. The van der Waals surface area contributed by atoms with E-state index >= 15 is 0 Å². The number of halogens is 3. The third-order valence-electron chi connectivity index (χ3n) is 6.40. The van der Waals surface area contributed by atoms with Crippen molar-refractivity contribution in [3.63, 3.8) is 0 Å². The van der Waals surface area contributed by atoms with Gasteiger partial charge in [0.1, 0.15) is 18.1 Å². The van der Waals surface area contributed by atoms with Gasteiger partial charge in [-0.2, -0.15) is 0 Å². The minimum atomic E-state index is -0.302. The maximum absolute atomic E-state index is 12.9. The van der Waals surface area contributed by atoms with Crippen LogP contribution in [0.4, 0.5) is 4.79 Å². The molecule has 2 aromatic rings. The fraction of sp³-hybridized carbons (Fsp3) is 0.435. The Morgan fingerprint density at radius 2 is 1.97 bits per heavy atom. The fourth-order valence-corrected chi connectivity index (χ4v) is 5.12. The molecule has 1 heterocycles. The Kier molecular flexibility index (Phi) is 5.75. The van der Waals surface area contributed by atoms with Crippen LogP contribution in [0.15, 0.2) is 40.9 Å². The molecule has 4 nitrogen and oxygen atoms in total. The monoisotopic (exact) mass is 511 g/mol. The van der Waals surface area contributed by atoms with Gasteiger partial charge in [-0.15, -0.1) is 0 Å². The molecule has 0 spiro atoms. The summed E-state index contributed by atoms with van der Waals surface area (Å²) in [6, 6.07) is 10.6. The van der Waals surface area contributed by atoms with Gasteiger partial charge in [0, 0.05) is 29.2 Å². The zero-order valence-corrected chi connectivity index (χ0v) is 20.3. The summed E-state index contributed by atoms with van der Waals surface area (Å²) in [5, 5.41) is 0.896. The maximum Gasteiger partial charge on any atom is 0.415 e. The first-order valence-corrected chi connectivity index (χ1v) is 11.5. The molecule has 4 rings (SSSR count). The van der Waals surface area contributed by atoms with Crippen molar-refractivity contribution in [2.24, 2.45) is 16.7 Å². The van der Waals surface area contributed by atoms with Crippen molar-refractivity contribution in [3.05, 3.63) is 56.5 Å². The standard InChI is InChI=1S/C23H24BrCl2NO3/c1-22(2,3)23-10-15(23)11-27(13-23)21(28)30-20-7-4-16(24)8-14(20)12-29-17-5-6-18(25)19(26)9-17/h4-9,15H,10-13H2,1-3H3. The van der Waals surface area contributed by atoms with Crippen molar-refractivity contribution < 1.29 is 14.3 Å². The largest absolute Gasteiger partial charge is 0.489 e. The third-order valence-corrected chi connectivity index (χ3v) is 7.64. The topological polar surface area (TPSA) is 38.8 Å². The second-order valence-electron chi connectivity index (χ2n) is 9.17. The van der Waals surface area contributed by atoms with Gasteiger partial charge in [0.15, 0.2) is 0 Å². The van der Waals surface area contributed by atoms with Gasteiger partial charge < -0.3 is 14.4 Å². The van der Waals surface area contributed by atoms with E-state index in [4.69, 9.17) is 32.7 Å². The first-order chi connectivity index (χ1) is 14.1. The number of fused-ring (bicyclic) bond motifs is 1. The number of likely N-dealkylation sites (tertiary alicyclic amines) is 1. The number of amides is 1. The van der Waals surface area contributed by atoms with Crippen LogP contribution in [0, 0.1) is 16.7 Å². The third kappa shape index (κ3) is 4.17. The van der Waals surface area contributed by atoms with Gasteiger partial charge in [-0.25, -0.2) is 4.79 Å². The molecule has 2 aliphatic rings. The zero-order valence-electron chi connectivity index (χ0n) is 17.2. The predicted octanol–water partition coefficient (Wildman–Crippen LogP) is 7.20. The van der Waals surface area contributed by atoms with Crippen molar-refractivity contribution in [2.45, 2.75) is 33.8 Å². The van der Waals surface area contributed by atoms with Crippen LogP contribution < -0.4 is 9.47 Å². The summed E-state index contributed by atoms with van der Waals surface area (Å²) in [4.78, 5) is 14.7. The summed E-state index contributed by atoms with van der Waals surface area (Å²) in [7, 11) is 0. The number of carbonyl (C=O) groups is 1. The quantitative estimate of drug-likeness (QED) is 0.434. The molecule has 2 aromatic carbocycles. The number of carbonyl (C=O) groups excluding carboxylic acids is 1. The second-order valence-corrected chi connectivity index (χ2v) is 10.9. The number of hydrogen-bond donors (Lipinski definition) is 0. The molecule has 160 valence electrons. The van der Waals surface area contributed by atoms with Crippen molar-refractivity contribution in [1.82, 2.24) is 4.90 Å². The molecule has 30 heavy (non-hydrogen) atoms. The number of nitrogens with zero attached hydrogens (tertiary/aromatic N) is 1. The molecule has 1 aliphatic heterocycles. The number of rotatable bonds is 4. The Morgan fingerprint density at radius 1 is 1.20 bits per heavy atom. The van der Waals surface area contributed by atoms with E-state index in [1.807, 2.05) is 17.0 Å². The van der Waals surface area contributed by atoms with Crippen molar-refractivity contribution in [3.8, 4) is 11.5 Å². The highest BCUT2D eigenvalue weighted by molar-refractivity contribution is 9.10. The van der Waals surface area contributed by atoms with Gasteiger partial charge in [-0.3, -0.25) is 0 Å². The van der Waals surface area contributed by atoms with E-state index in [9.17, 15) is 4.79 Å². The molecule has 1 amide bonds. The molecule has 0 aromatic heterocycles. The van der Waals surface area contributed by atoms with Crippen LogP contribution in [-0.4, -0.2) is 24.1 Å². The molecular weight excluding hydrogens is 489 g/mol. The van der Waals surface area contributed by atoms with E-state index in [1.165, 1.54) is 6.42 Å². The number of benzene rings is 2. The number of hydrogen-bond acceptors (Lipinski definition) is 3. The lowest BCUT2D eigenvalue weighted by Crippen LogP contribution is -2.37. The highest BCUT2D eigenvalue weighted by atomic mass is 79.9. The summed E-state index contributed by atoms with van der Waals surface area (Å²) in [6.45, 7) is 8.53. The summed E-state index contributed by atoms with van der Waals surface area (Å²) in [6.07, 6.45) is 0.894. The molecule has 1 saturated heterocycles. The van der Waals surface area contributed by atoms with Crippen molar-refractivity contribution in [1.29, 1.82) is 0 Å². The Labute approximate surface area is 195 Å². The lowest BCUT2D eigenvalue weighted by molar-refractivity contribution is 0.138. The summed E-state index contributed by atoms with van der Waals surface area (Å²) in [5.41, 5.74) is 1.17. The van der Waals surface area contributed by atoms with Gasteiger partial charge in [-0.1, -0.05) is 59.9 Å². The smallest absolute Gasteiger partial charge is 0.415 e. The second kappa shape index (κ2) is 7.92. The van der Waals surface area contributed by atoms with E-state index in [0.29, 0.717) is 27.5 Å². The minimum Gasteiger partial charge on any atom is -0.489 e. The first kappa shape index (κ1) is 21.8. The lowest BCUT2D eigenvalue weighted by atomic mass is 9.77. The predicted molar refractivity (Wildman–Crippen MR) is 123 cm³/mol.